The summed E-state index contributed by atoms with van der Waals surface area (Å²) >= 11 is 0. The molecule has 508 valence electrons. The first-order chi connectivity index (χ1) is 45.4. The highest BCUT2D eigenvalue weighted by atomic mass is 19.4. The van der Waals surface area contributed by atoms with Gasteiger partial charge in [-0.25, -0.2) is 29.9 Å². The van der Waals surface area contributed by atoms with Crippen LogP contribution in [0.4, 0.5) is 114 Å². The third-order valence-corrected chi connectivity index (χ3v) is 15.8. The largest absolute Gasteiger partial charge is 0.460 e. The lowest BCUT2D eigenvalue weighted by Crippen LogP contribution is -2.70. The number of benzene rings is 7. The van der Waals surface area contributed by atoms with E-state index in [4.69, 9.17) is 15.0 Å². The summed E-state index contributed by atoms with van der Waals surface area (Å²) in [6, 6.07) is 46.2. The van der Waals surface area contributed by atoms with Gasteiger partial charge in [-0.05, 0) is 90.3 Å². The zero-order chi connectivity index (χ0) is 71.3. The average molecular weight is 1410 g/mol. The summed E-state index contributed by atoms with van der Waals surface area (Å²) in [5.74, 6) is -96.7. The molecule has 0 aliphatic heterocycles. The van der Waals surface area contributed by atoms with E-state index < -0.39 is 100 Å². The number of halogens is 26. The van der Waals surface area contributed by atoms with Crippen LogP contribution in [0.1, 0.15) is 11.6 Å². The van der Waals surface area contributed by atoms with Gasteiger partial charge in [0.2, 0.25) is 11.6 Å². The molecule has 5 aromatic heterocycles. The van der Waals surface area contributed by atoms with Crippen molar-refractivity contribution in [3.63, 3.8) is 0 Å². The summed E-state index contributed by atoms with van der Waals surface area (Å²) in [6.45, 7) is 0. The number of pyridine rings is 1. The molecule has 35 heteroatoms. The predicted octanol–water partition coefficient (Wildman–Crippen LogP) is 19.9. The van der Waals surface area contributed by atoms with Crippen LogP contribution < -0.4 is 0 Å². The number of hydrogen-bond acceptors (Lipinski definition) is 7. The summed E-state index contributed by atoms with van der Waals surface area (Å²) < 4.78 is 378. The molecule has 12 rings (SSSR count). The fourth-order valence-corrected chi connectivity index (χ4v) is 10.7. The first-order valence-electron chi connectivity index (χ1n) is 27.5. The molecule has 0 spiro atoms. The van der Waals surface area contributed by atoms with E-state index in [9.17, 15) is 79.0 Å². The SMILES string of the molecule is FC(F)(F)C(F)(F)C(F)(F)C(F)(F)C(F)(F)C(F)(F)c1nc(-c2ccc3cc(-c4nc(-c5ccc6c(c5)c5ccccc5n6-c5ccccc5)nc(-c5ccc6c(c5)c5ccccc5n6-c5ccccc5)n4)ncc3c2)nc(C(F)(F)C(F)(F)C(F)(F)C(F)(F)C(F)(F)C(F)(F)F)n1. The van der Waals surface area contributed by atoms with E-state index in [1.807, 2.05) is 106 Å². The second-order valence-corrected chi connectivity index (χ2v) is 21.8. The van der Waals surface area contributed by atoms with Gasteiger partial charge < -0.3 is 9.13 Å². The van der Waals surface area contributed by atoms with Crippen molar-refractivity contribution in [1.82, 2.24) is 44.0 Å². The minimum atomic E-state index is -8.86. The van der Waals surface area contributed by atoms with E-state index in [2.05, 4.69) is 15.0 Å². The molecule has 0 atom stereocenters. The van der Waals surface area contributed by atoms with Gasteiger partial charge in [0.15, 0.2) is 23.3 Å². The molecule has 0 N–H and O–H groups in total. The standard InChI is InChI=1S/C63H29F26N9/c64-52(65,54(68,69)56(72,73)58(76,77)60(80,81)62(84,85)86)50-94-48(95-51(96-50)53(66,67)55(70,71)57(74,75)59(78,79)61(82,83)63(87,88)89)31-20-19-30-28-41(90-29-34(30)25-31)49-92-46(32-21-23-44-39(26-32)37-15-7-9-17-42(37)97(44)35-11-3-1-4-12-35)91-47(93-49)33-22-24-45-40(27-33)38-16-8-10-18-43(38)98(45)36-13-5-2-6-14-36/h1-29H. The first-order valence-corrected chi connectivity index (χ1v) is 27.5. The van der Waals surface area contributed by atoms with Gasteiger partial charge in [-0.2, -0.15) is 114 Å². The molecule has 0 unspecified atom stereocenters. The molecule has 0 saturated carbocycles. The van der Waals surface area contributed by atoms with Crippen molar-refractivity contribution in [3.8, 4) is 57.1 Å². The quantitative estimate of drug-likeness (QED) is 0.0889. The Hall–Kier alpha value is -10.3. The summed E-state index contributed by atoms with van der Waals surface area (Å²) in [5.41, 5.74) is 3.64. The Kier molecular flexibility index (Phi) is 15.3. The third kappa shape index (κ3) is 9.87. The van der Waals surface area contributed by atoms with E-state index in [0.29, 0.717) is 40.1 Å². The van der Waals surface area contributed by atoms with Gasteiger partial charge in [-0.3, -0.25) is 4.98 Å². The predicted molar refractivity (Wildman–Crippen MR) is 298 cm³/mol. The fourth-order valence-electron chi connectivity index (χ4n) is 10.7. The molecule has 98 heavy (non-hydrogen) atoms. The Bertz CT molecular complexity index is 4860. The number of hydrogen-bond donors (Lipinski definition) is 0. The lowest BCUT2D eigenvalue weighted by atomic mass is 9.92. The molecule has 7 aromatic carbocycles. The normalized spacial score (nSPS) is 14.0. The zero-order valence-electron chi connectivity index (χ0n) is 47.6. The Morgan fingerprint density at radius 2 is 0.592 bits per heavy atom. The molecule has 0 aliphatic rings. The van der Waals surface area contributed by atoms with Crippen LogP contribution in [0.25, 0.3) is 111 Å². The van der Waals surface area contributed by atoms with Crippen LogP contribution in [0.15, 0.2) is 176 Å². The summed E-state index contributed by atoms with van der Waals surface area (Å²) in [4.78, 5) is 24.6. The van der Waals surface area contributed by atoms with Crippen LogP contribution in [0, 0.1) is 0 Å². The number of fused-ring (bicyclic) bond motifs is 7. The maximum absolute atomic E-state index is 15.8. The third-order valence-electron chi connectivity index (χ3n) is 15.8. The van der Waals surface area contributed by atoms with Gasteiger partial charge in [0, 0.05) is 61.2 Å². The van der Waals surface area contributed by atoms with Crippen molar-refractivity contribution in [2.45, 2.75) is 71.6 Å². The molecule has 0 bridgehead atoms. The van der Waals surface area contributed by atoms with Gasteiger partial charge in [0.1, 0.15) is 5.69 Å². The lowest BCUT2D eigenvalue weighted by Gasteiger charge is -2.40. The minimum absolute atomic E-state index is 0.0233. The van der Waals surface area contributed by atoms with Crippen molar-refractivity contribution in [2.75, 3.05) is 0 Å². The van der Waals surface area contributed by atoms with Crippen LogP contribution in [0.5, 0.6) is 0 Å². The number of para-hydroxylation sites is 4. The minimum Gasteiger partial charge on any atom is -0.309 e. The average Bonchev–Trinajstić information content (AvgIpc) is 1.09. The van der Waals surface area contributed by atoms with Crippen LogP contribution in [0.2, 0.25) is 0 Å². The highest BCUT2D eigenvalue weighted by Crippen LogP contribution is 2.64. The molecular formula is C63H29F26N9. The lowest BCUT2D eigenvalue weighted by molar-refractivity contribution is -0.443. The Morgan fingerprint density at radius 1 is 0.255 bits per heavy atom. The van der Waals surface area contributed by atoms with Crippen LogP contribution in [-0.2, 0) is 11.8 Å². The van der Waals surface area contributed by atoms with E-state index in [1.54, 1.807) is 48.5 Å². The van der Waals surface area contributed by atoms with Crippen molar-refractivity contribution in [2.24, 2.45) is 0 Å². The molecule has 0 fully saturated rings. The molecule has 0 aliphatic carbocycles. The molecule has 12 aromatic rings. The smallest absolute Gasteiger partial charge is 0.309 e. The number of nitrogens with zero attached hydrogens (tertiary/aromatic N) is 9. The summed E-state index contributed by atoms with van der Waals surface area (Å²) in [6.07, 6.45) is -15.4. The van der Waals surface area contributed by atoms with Crippen LogP contribution >= 0.6 is 0 Å². The van der Waals surface area contributed by atoms with Crippen molar-refractivity contribution in [1.29, 1.82) is 0 Å². The maximum atomic E-state index is 15.8. The molecule has 5 heterocycles. The van der Waals surface area contributed by atoms with Gasteiger partial charge >= 0.3 is 71.6 Å². The summed E-state index contributed by atoms with van der Waals surface area (Å²) in [7, 11) is 0. The van der Waals surface area contributed by atoms with Gasteiger partial charge in [-0.1, -0.05) is 84.9 Å². The molecular weight excluding hydrogens is 1380 g/mol. The Balaban J connectivity index is 1.02. The highest BCUT2D eigenvalue weighted by molar-refractivity contribution is 6.11. The molecule has 0 radical (unpaired) electrons. The highest BCUT2D eigenvalue weighted by Gasteiger charge is 2.93. The van der Waals surface area contributed by atoms with Crippen molar-refractivity contribution in [3.05, 3.63) is 188 Å². The van der Waals surface area contributed by atoms with E-state index in [-0.39, 0.29) is 28.6 Å². The fraction of sp³-hybridized carbons (Fsp3) is 0.190. The second kappa shape index (κ2) is 22.1. The zero-order valence-corrected chi connectivity index (χ0v) is 47.6. The second-order valence-electron chi connectivity index (χ2n) is 21.8. The van der Waals surface area contributed by atoms with Crippen molar-refractivity contribution < 1.29 is 114 Å². The van der Waals surface area contributed by atoms with Crippen LogP contribution in [-0.4, -0.2) is 104 Å². The van der Waals surface area contributed by atoms with E-state index >= 15 is 35.1 Å². The van der Waals surface area contributed by atoms with Gasteiger partial charge in [0.05, 0.1) is 22.1 Å². The van der Waals surface area contributed by atoms with Gasteiger partial charge in [-0.15, -0.1) is 0 Å². The van der Waals surface area contributed by atoms with E-state index in [1.165, 1.54) is 4.98 Å². The molecule has 0 saturated heterocycles. The first kappa shape index (κ1) is 67.7. The van der Waals surface area contributed by atoms with E-state index in [0.717, 1.165) is 56.5 Å². The Morgan fingerprint density at radius 3 is 1.00 bits per heavy atom. The van der Waals surface area contributed by atoms with Crippen molar-refractivity contribution >= 4 is 54.4 Å². The van der Waals surface area contributed by atoms with Gasteiger partial charge in [0.25, 0.3) is 0 Å². The topological polar surface area (TPSA) is 100 Å². The van der Waals surface area contributed by atoms with Crippen LogP contribution in [0.3, 0.4) is 0 Å². The molecule has 0 amide bonds. The number of aromatic nitrogens is 9. The molecule has 9 nitrogen and oxygen atoms in total. The number of alkyl halides is 26. The monoisotopic (exact) mass is 1410 g/mol. The summed E-state index contributed by atoms with van der Waals surface area (Å²) in [5, 5.41) is 2.16. The number of rotatable bonds is 16. The maximum Gasteiger partial charge on any atom is 0.460 e. The Labute approximate surface area is 527 Å².